The van der Waals surface area contributed by atoms with Crippen LogP contribution < -0.4 is 5.32 Å². The average Bonchev–Trinajstić information content (AvgIpc) is 2.60. The lowest BCUT2D eigenvalue weighted by Gasteiger charge is -2.11. The lowest BCUT2D eigenvalue weighted by molar-refractivity contribution is 0.587. The lowest BCUT2D eigenvalue weighted by atomic mass is 10.1. The van der Waals surface area contributed by atoms with Gasteiger partial charge >= 0.3 is 0 Å². The molecule has 1 atom stereocenters. The van der Waals surface area contributed by atoms with Crippen molar-refractivity contribution >= 4 is 9.84 Å². The van der Waals surface area contributed by atoms with Crippen LogP contribution in [0.2, 0.25) is 0 Å². The number of benzene rings is 1. The predicted octanol–water partition coefficient (Wildman–Crippen LogP) is 1.53. The number of nitrogens with one attached hydrogen (secondary N) is 1. The number of hydrogen-bond donors (Lipinski definition) is 1. The quantitative estimate of drug-likeness (QED) is 0.891. The molecule has 1 aliphatic rings. The fraction of sp³-hybridized carbons (Fsp3) is 0.333. The molecule has 0 saturated heterocycles. The first-order valence-electron chi connectivity index (χ1n) is 5.36. The van der Waals surface area contributed by atoms with Gasteiger partial charge in [0.2, 0.25) is 0 Å². The highest BCUT2D eigenvalue weighted by atomic mass is 32.2. The van der Waals surface area contributed by atoms with Gasteiger partial charge in [-0.25, -0.2) is 12.8 Å². The molecule has 0 bridgehead atoms. The monoisotopic (exact) mass is 255 g/mol. The normalized spacial score (nSPS) is 21.9. The van der Waals surface area contributed by atoms with Gasteiger partial charge in [-0.3, -0.25) is 0 Å². The summed E-state index contributed by atoms with van der Waals surface area (Å²) in [7, 11) is -3.04. The van der Waals surface area contributed by atoms with Crippen molar-refractivity contribution in [3.63, 3.8) is 0 Å². The summed E-state index contributed by atoms with van der Waals surface area (Å²) in [5.74, 6) is -0.191. The second kappa shape index (κ2) is 4.58. The van der Waals surface area contributed by atoms with Gasteiger partial charge in [0.25, 0.3) is 0 Å². The third-order valence-corrected chi connectivity index (χ3v) is 4.19. The molecule has 92 valence electrons. The molecule has 3 nitrogen and oxygen atoms in total. The minimum Gasteiger partial charge on any atom is -0.305 e. The minimum absolute atomic E-state index is 0.0847. The van der Waals surface area contributed by atoms with Gasteiger partial charge in [0.05, 0.1) is 5.75 Å². The summed E-state index contributed by atoms with van der Waals surface area (Å²) in [5, 5.41) is 4.31. The van der Waals surface area contributed by atoms with Crippen molar-refractivity contribution in [3.8, 4) is 0 Å². The Labute approximate surface area is 100 Å². The van der Waals surface area contributed by atoms with Crippen LogP contribution in [0, 0.1) is 12.7 Å². The van der Waals surface area contributed by atoms with Crippen LogP contribution in [0.1, 0.15) is 11.1 Å². The fourth-order valence-corrected chi connectivity index (χ4v) is 3.04. The van der Waals surface area contributed by atoms with Crippen LogP contribution in [-0.4, -0.2) is 20.2 Å². The first-order chi connectivity index (χ1) is 7.96. The molecule has 0 aromatic heterocycles. The molecule has 5 heteroatoms. The highest BCUT2D eigenvalue weighted by Crippen LogP contribution is 2.12. The van der Waals surface area contributed by atoms with Crippen molar-refractivity contribution < 1.29 is 12.8 Å². The average molecular weight is 255 g/mol. The molecule has 1 aromatic rings. The zero-order valence-electron chi connectivity index (χ0n) is 9.48. The van der Waals surface area contributed by atoms with Gasteiger partial charge in [0, 0.05) is 18.0 Å². The SMILES string of the molecule is Cc1ccc(F)cc1CNC1C=CS(=O)(=O)C1. The van der Waals surface area contributed by atoms with Crippen molar-refractivity contribution in [2.24, 2.45) is 0 Å². The maximum Gasteiger partial charge on any atom is 0.173 e. The third-order valence-electron chi connectivity index (χ3n) is 2.80. The first kappa shape index (κ1) is 12.3. The Bertz CT molecular complexity index is 552. The van der Waals surface area contributed by atoms with E-state index in [9.17, 15) is 12.8 Å². The van der Waals surface area contributed by atoms with E-state index < -0.39 is 9.84 Å². The molecule has 0 saturated carbocycles. The zero-order chi connectivity index (χ0) is 12.5. The summed E-state index contributed by atoms with van der Waals surface area (Å²) in [4.78, 5) is 0. The maximum absolute atomic E-state index is 13.0. The van der Waals surface area contributed by atoms with Crippen LogP contribution in [0.4, 0.5) is 4.39 Å². The highest BCUT2D eigenvalue weighted by Gasteiger charge is 2.20. The highest BCUT2D eigenvalue weighted by molar-refractivity contribution is 7.94. The van der Waals surface area contributed by atoms with Crippen LogP contribution >= 0.6 is 0 Å². The van der Waals surface area contributed by atoms with Gasteiger partial charge in [0.1, 0.15) is 5.82 Å². The smallest absolute Gasteiger partial charge is 0.173 e. The Hall–Kier alpha value is -1.20. The molecule has 1 heterocycles. The topological polar surface area (TPSA) is 46.2 Å². The predicted molar refractivity (Wildman–Crippen MR) is 64.7 cm³/mol. The number of aryl methyl sites for hydroxylation is 1. The molecule has 1 N–H and O–H groups in total. The number of halogens is 1. The minimum atomic E-state index is -3.04. The number of rotatable bonds is 3. The van der Waals surface area contributed by atoms with E-state index >= 15 is 0 Å². The van der Waals surface area contributed by atoms with E-state index in [0.29, 0.717) is 6.54 Å². The van der Waals surface area contributed by atoms with Crippen molar-refractivity contribution in [2.75, 3.05) is 5.75 Å². The summed E-state index contributed by atoms with van der Waals surface area (Å²) in [5.41, 5.74) is 1.84. The Kier molecular flexibility index (Phi) is 3.31. The van der Waals surface area contributed by atoms with Crippen molar-refractivity contribution in [1.29, 1.82) is 0 Å². The van der Waals surface area contributed by atoms with Gasteiger partial charge in [-0.1, -0.05) is 12.1 Å². The molecule has 0 amide bonds. The third kappa shape index (κ3) is 3.14. The molecular formula is C12H14FNO2S. The molecule has 1 unspecified atom stereocenters. The van der Waals surface area contributed by atoms with Crippen molar-refractivity contribution in [3.05, 3.63) is 46.6 Å². The molecule has 17 heavy (non-hydrogen) atoms. The van der Waals surface area contributed by atoms with Crippen LogP contribution in [0.25, 0.3) is 0 Å². The van der Waals surface area contributed by atoms with E-state index in [1.807, 2.05) is 6.92 Å². The summed E-state index contributed by atoms with van der Waals surface area (Å²) >= 11 is 0. The van der Waals surface area contributed by atoms with E-state index in [2.05, 4.69) is 5.32 Å². The van der Waals surface area contributed by atoms with Gasteiger partial charge in [-0.2, -0.15) is 0 Å². The van der Waals surface area contributed by atoms with E-state index in [-0.39, 0.29) is 17.6 Å². The Balaban J connectivity index is 1.99. The van der Waals surface area contributed by atoms with Crippen molar-refractivity contribution in [2.45, 2.75) is 19.5 Å². The van der Waals surface area contributed by atoms with Gasteiger partial charge < -0.3 is 5.32 Å². The van der Waals surface area contributed by atoms with E-state index in [4.69, 9.17) is 0 Å². The summed E-state index contributed by atoms with van der Waals surface area (Å²) in [6.45, 7) is 2.37. The molecule has 1 aliphatic heterocycles. The summed E-state index contributed by atoms with van der Waals surface area (Å²) < 4.78 is 35.4. The molecule has 0 aliphatic carbocycles. The number of hydrogen-bond acceptors (Lipinski definition) is 3. The Morgan fingerprint density at radius 2 is 2.24 bits per heavy atom. The molecular weight excluding hydrogens is 241 g/mol. The summed E-state index contributed by atoms with van der Waals surface area (Å²) in [6.07, 6.45) is 1.63. The molecule has 2 rings (SSSR count). The second-order valence-electron chi connectivity index (χ2n) is 4.22. The largest absolute Gasteiger partial charge is 0.305 e. The van der Waals surface area contributed by atoms with E-state index in [1.54, 1.807) is 12.1 Å². The number of sulfone groups is 1. The second-order valence-corrected chi connectivity index (χ2v) is 6.15. The first-order valence-corrected chi connectivity index (χ1v) is 7.07. The van der Waals surface area contributed by atoms with Gasteiger partial charge in [-0.15, -0.1) is 0 Å². The Morgan fingerprint density at radius 1 is 1.47 bits per heavy atom. The molecule has 0 spiro atoms. The van der Waals surface area contributed by atoms with Crippen LogP contribution in [0.15, 0.2) is 29.7 Å². The lowest BCUT2D eigenvalue weighted by Crippen LogP contribution is -2.29. The van der Waals surface area contributed by atoms with Gasteiger partial charge in [0.15, 0.2) is 9.84 Å². The van der Waals surface area contributed by atoms with Crippen LogP contribution in [0.5, 0.6) is 0 Å². The van der Waals surface area contributed by atoms with Crippen LogP contribution in [0.3, 0.4) is 0 Å². The fourth-order valence-electron chi connectivity index (χ4n) is 1.77. The van der Waals surface area contributed by atoms with E-state index in [0.717, 1.165) is 11.1 Å². The maximum atomic E-state index is 13.0. The molecule has 1 aromatic carbocycles. The molecule has 0 radical (unpaired) electrons. The zero-order valence-corrected chi connectivity index (χ0v) is 10.3. The Morgan fingerprint density at radius 3 is 2.88 bits per heavy atom. The van der Waals surface area contributed by atoms with Crippen LogP contribution in [-0.2, 0) is 16.4 Å². The molecule has 0 fully saturated rings. The standard InChI is InChI=1S/C12H14FNO2S/c1-9-2-3-11(13)6-10(9)7-14-12-4-5-17(15,16)8-12/h2-6,12,14H,7-8H2,1H3. The summed E-state index contributed by atoms with van der Waals surface area (Å²) in [6, 6.07) is 4.42. The van der Waals surface area contributed by atoms with Gasteiger partial charge in [-0.05, 0) is 30.2 Å². The van der Waals surface area contributed by atoms with Crippen molar-refractivity contribution in [1.82, 2.24) is 5.32 Å². The van der Waals surface area contributed by atoms with E-state index in [1.165, 1.54) is 17.5 Å².